The molecule has 6 nitrogen and oxygen atoms in total. The van der Waals surface area contributed by atoms with E-state index in [0.717, 1.165) is 29.0 Å². The average molecular weight is 715 g/mol. The van der Waals surface area contributed by atoms with Gasteiger partial charge in [0.05, 0.1) is 20.0 Å². The number of allylic oxidation sites excluding steroid dienone is 2. The molecule has 0 fully saturated rings. The Balaban J connectivity index is 0.000000204. The third-order valence-corrected chi connectivity index (χ3v) is 10.3. The molecule has 2 aliphatic rings. The number of aliphatic carboxylic acids is 1. The molecule has 278 valence electrons. The number of carbonyl (C=O) groups excluding carboxylic acids is 1. The van der Waals surface area contributed by atoms with Crippen LogP contribution in [0.2, 0.25) is 0 Å². The zero-order chi connectivity index (χ0) is 37.4. The minimum Gasteiger partial charge on any atom is -0.489 e. The molecule has 0 saturated heterocycles. The number of ether oxygens (including phenoxy) is 3. The van der Waals surface area contributed by atoms with Crippen molar-refractivity contribution in [1.82, 2.24) is 0 Å². The number of hydrogen-bond acceptors (Lipinski definition) is 5. The summed E-state index contributed by atoms with van der Waals surface area (Å²) in [5, 5.41) is 9.06. The highest BCUT2D eigenvalue weighted by atomic mass is 16.5. The van der Waals surface area contributed by atoms with Crippen molar-refractivity contribution in [2.45, 2.75) is 102 Å². The molecule has 0 amide bonds. The van der Waals surface area contributed by atoms with Crippen LogP contribution in [0.3, 0.4) is 0 Å². The summed E-state index contributed by atoms with van der Waals surface area (Å²) < 4.78 is 16.7. The fourth-order valence-electron chi connectivity index (χ4n) is 7.33. The van der Waals surface area contributed by atoms with Gasteiger partial charge in [-0.05, 0) is 145 Å². The van der Waals surface area contributed by atoms with Crippen LogP contribution in [0.25, 0.3) is 0 Å². The van der Waals surface area contributed by atoms with E-state index in [4.69, 9.17) is 19.3 Å². The number of esters is 1. The van der Waals surface area contributed by atoms with Crippen LogP contribution < -0.4 is 9.47 Å². The molecule has 0 aliphatic heterocycles. The zero-order valence-corrected chi connectivity index (χ0v) is 31.2. The lowest BCUT2D eigenvalue weighted by Crippen LogP contribution is -2.08. The molecule has 4 aromatic rings. The molecule has 53 heavy (non-hydrogen) atoms. The van der Waals surface area contributed by atoms with Gasteiger partial charge in [-0.2, -0.15) is 0 Å². The summed E-state index contributed by atoms with van der Waals surface area (Å²) in [4.78, 5) is 22.6. The van der Waals surface area contributed by atoms with Crippen molar-refractivity contribution in [2.24, 2.45) is 0 Å². The summed E-state index contributed by atoms with van der Waals surface area (Å²) in [7, 11) is 1.42. The Morgan fingerprint density at radius 3 is 1.43 bits per heavy atom. The maximum Gasteiger partial charge on any atom is 0.306 e. The third kappa shape index (κ3) is 12.0. The summed E-state index contributed by atoms with van der Waals surface area (Å²) in [5.41, 5.74) is 10.4. The molecule has 6 rings (SSSR count). The molecule has 1 N–H and O–H groups in total. The topological polar surface area (TPSA) is 82.1 Å². The van der Waals surface area contributed by atoms with Crippen molar-refractivity contribution in [3.63, 3.8) is 0 Å². The fourth-order valence-corrected chi connectivity index (χ4v) is 7.33. The number of carboxylic acid groups (broad SMARTS) is 1. The molecule has 0 unspecified atom stereocenters. The predicted molar refractivity (Wildman–Crippen MR) is 212 cm³/mol. The van der Waals surface area contributed by atoms with Crippen molar-refractivity contribution >= 4 is 11.9 Å². The van der Waals surface area contributed by atoms with E-state index in [1.807, 2.05) is 54.6 Å². The molecule has 2 aliphatic carbocycles. The van der Waals surface area contributed by atoms with Gasteiger partial charge >= 0.3 is 11.9 Å². The largest absolute Gasteiger partial charge is 0.489 e. The Morgan fingerprint density at radius 1 is 0.623 bits per heavy atom. The van der Waals surface area contributed by atoms with E-state index in [1.165, 1.54) is 91.9 Å². The molecular weight excluding hydrogens is 661 g/mol. The summed E-state index contributed by atoms with van der Waals surface area (Å²) in [6.45, 7) is 8.65. The quantitative estimate of drug-likeness (QED) is 0.0919. The fraction of sp³-hybridized carbons (Fsp3) is 0.362. The number of carbonyl (C=O) groups is 2. The van der Waals surface area contributed by atoms with E-state index in [9.17, 15) is 9.59 Å². The zero-order valence-electron chi connectivity index (χ0n) is 31.2. The predicted octanol–water partition coefficient (Wildman–Crippen LogP) is 10.6. The number of rotatable bonds is 16. The smallest absolute Gasteiger partial charge is 0.306 e. The summed E-state index contributed by atoms with van der Waals surface area (Å²) in [6, 6.07) is 29.2. The molecule has 2 atom stereocenters. The highest BCUT2D eigenvalue weighted by Crippen LogP contribution is 2.29. The number of aryl methyl sites for hydroxylation is 4. The van der Waals surface area contributed by atoms with Gasteiger partial charge in [0, 0.05) is 0 Å². The van der Waals surface area contributed by atoms with Gasteiger partial charge in [0.1, 0.15) is 24.7 Å². The highest BCUT2D eigenvalue weighted by Gasteiger charge is 2.17. The first-order valence-corrected chi connectivity index (χ1v) is 19.0. The maximum absolute atomic E-state index is 11.6. The Morgan fingerprint density at radius 2 is 1.04 bits per heavy atom. The van der Waals surface area contributed by atoms with Crippen LogP contribution in [0.15, 0.2) is 110 Å². The molecule has 0 heterocycles. The first kappa shape index (κ1) is 39.1. The first-order valence-electron chi connectivity index (χ1n) is 19.0. The number of hydrogen-bond donors (Lipinski definition) is 1. The number of benzene rings is 4. The van der Waals surface area contributed by atoms with Gasteiger partial charge in [-0.3, -0.25) is 9.59 Å². The van der Waals surface area contributed by atoms with E-state index >= 15 is 0 Å². The molecule has 4 aromatic carbocycles. The van der Waals surface area contributed by atoms with E-state index in [0.29, 0.717) is 26.1 Å². The van der Waals surface area contributed by atoms with Crippen LogP contribution in [-0.2, 0) is 53.2 Å². The summed E-state index contributed by atoms with van der Waals surface area (Å²) in [6.07, 6.45) is 15.4. The molecule has 0 spiro atoms. The third-order valence-electron chi connectivity index (χ3n) is 10.3. The van der Waals surface area contributed by atoms with Crippen molar-refractivity contribution in [3.05, 3.63) is 155 Å². The molecule has 6 heteroatoms. The van der Waals surface area contributed by atoms with Crippen molar-refractivity contribution in [3.8, 4) is 11.5 Å². The lowest BCUT2D eigenvalue weighted by atomic mass is 9.90. The second-order valence-corrected chi connectivity index (χ2v) is 14.2. The van der Waals surface area contributed by atoms with Crippen molar-refractivity contribution in [2.75, 3.05) is 7.11 Å². The van der Waals surface area contributed by atoms with Crippen LogP contribution in [-0.4, -0.2) is 24.2 Å². The van der Waals surface area contributed by atoms with Crippen molar-refractivity contribution in [1.29, 1.82) is 0 Å². The lowest BCUT2D eigenvalue weighted by molar-refractivity contribution is -0.141. The van der Waals surface area contributed by atoms with Gasteiger partial charge in [0.25, 0.3) is 0 Å². The number of fused-ring (bicyclic) bond motifs is 2. The first-order chi connectivity index (χ1) is 25.8. The Bertz CT molecular complexity index is 1810. The van der Waals surface area contributed by atoms with E-state index < -0.39 is 5.97 Å². The molecule has 0 bridgehead atoms. The van der Waals surface area contributed by atoms with Gasteiger partial charge in [-0.1, -0.05) is 72.8 Å². The standard InChI is InChI=1S/C24H28O3.C23H26O3/c1-3-6-21(16-24(25)26-2)20-11-13-23(14-12-20)27-17-18-9-10-19-7-4-5-8-22(19)15-18;1-2-5-20(15-23(24)25)19-10-12-22(13-11-19)26-16-17-8-9-18-6-3-4-7-21(18)14-17/h3,9-15,21H,1,4-8,16-17H2,2H3;2,8-14,20H,1,3-7,15-16H2,(H,24,25)/t21-;20-/m11/s1. The second-order valence-electron chi connectivity index (χ2n) is 14.2. The normalized spacial score (nSPS) is 14.2. The Kier molecular flexibility index (Phi) is 14.9. The minimum absolute atomic E-state index is 0.0419. The van der Waals surface area contributed by atoms with Crippen LogP contribution in [0.5, 0.6) is 11.5 Å². The molecule has 0 saturated carbocycles. The highest BCUT2D eigenvalue weighted by molar-refractivity contribution is 5.70. The average Bonchev–Trinajstić information content (AvgIpc) is 3.19. The van der Waals surface area contributed by atoms with Gasteiger partial charge in [-0.25, -0.2) is 0 Å². The van der Waals surface area contributed by atoms with Gasteiger partial charge in [0.15, 0.2) is 0 Å². The number of methoxy groups -OCH3 is 1. The second kappa shape index (κ2) is 20.2. The molecular formula is C47H54O6. The van der Waals surface area contributed by atoms with Crippen LogP contribution in [0.1, 0.15) is 108 Å². The number of carboxylic acids is 1. The van der Waals surface area contributed by atoms with Crippen LogP contribution in [0, 0.1) is 0 Å². The van der Waals surface area contributed by atoms with Gasteiger partial charge < -0.3 is 19.3 Å². The molecule has 0 aromatic heterocycles. The molecule has 0 radical (unpaired) electrons. The Hall–Kier alpha value is -5.10. The van der Waals surface area contributed by atoms with E-state index in [1.54, 1.807) is 6.08 Å². The summed E-state index contributed by atoms with van der Waals surface area (Å²) in [5.74, 6) is 0.703. The van der Waals surface area contributed by atoms with Crippen LogP contribution in [0.4, 0.5) is 0 Å². The monoisotopic (exact) mass is 714 g/mol. The summed E-state index contributed by atoms with van der Waals surface area (Å²) >= 11 is 0. The minimum atomic E-state index is -0.787. The SMILES string of the molecule is C=CC[C@H](CC(=O)O)c1ccc(OCc2ccc3c(c2)CCCC3)cc1.C=CC[C@H](CC(=O)OC)c1ccc(OCc2ccc3c(c2)CCCC3)cc1. The lowest BCUT2D eigenvalue weighted by Gasteiger charge is -2.17. The Labute approximate surface area is 315 Å². The van der Waals surface area contributed by atoms with Crippen LogP contribution >= 0.6 is 0 Å². The van der Waals surface area contributed by atoms with E-state index in [2.05, 4.69) is 49.6 Å². The van der Waals surface area contributed by atoms with E-state index in [-0.39, 0.29) is 24.2 Å². The maximum atomic E-state index is 11.6. The van der Waals surface area contributed by atoms with Gasteiger partial charge in [0.2, 0.25) is 0 Å². The van der Waals surface area contributed by atoms with Crippen molar-refractivity contribution < 1.29 is 28.9 Å². The van der Waals surface area contributed by atoms with Gasteiger partial charge in [-0.15, -0.1) is 13.2 Å².